The minimum absolute atomic E-state index is 0.439. The molecule has 1 aromatic heterocycles. The van der Waals surface area contributed by atoms with Gasteiger partial charge in [-0.3, -0.25) is 0 Å². The number of nitrogen functional groups attached to an aromatic ring is 1. The van der Waals surface area contributed by atoms with Crippen molar-refractivity contribution >= 4 is 33.8 Å². The van der Waals surface area contributed by atoms with Gasteiger partial charge in [-0.05, 0) is 13.8 Å². The Hall–Kier alpha value is -2.09. The molecule has 96 valence electrons. The number of nitrogens with two attached hydrogens (primary N) is 1. The molecule has 1 aliphatic heterocycles. The van der Waals surface area contributed by atoms with Crippen molar-refractivity contribution < 1.29 is 14.7 Å². The number of carboxylic acid groups (broad SMARTS) is 1. The molecule has 18 heavy (non-hydrogen) atoms. The number of anilines is 1. The first-order valence-electron chi connectivity index (χ1n) is 5.08. The second kappa shape index (κ2) is 4.30. The van der Waals surface area contributed by atoms with E-state index in [1.54, 1.807) is 11.6 Å². The Balaban J connectivity index is 2.09. The number of rotatable bonds is 4. The molecule has 0 aromatic carbocycles. The first-order valence-corrected chi connectivity index (χ1v) is 5.96. The van der Waals surface area contributed by atoms with Crippen molar-refractivity contribution in [3.63, 3.8) is 0 Å². The van der Waals surface area contributed by atoms with Crippen LogP contribution in [0.2, 0.25) is 0 Å². The maximum absolute atomic E-state index is 10.8. The van der Waals surface area contributed by atoms with E-state index in [0.29, 0.717) is 16.7 Å². The maximum atomic E-state index is 10.8. The van der Waals surface area contributed by atoms with Gasteiger partial charge in [0.25, 0.3) is 0 Å². The van der Waals surface area contributed by atoms with Crippen LogP contribution in [0.15, 0.2) is 16.7 Å². The number of hydrogen-bond acceptors (Lipinski definition) is 6. The number of carbonyl (C=O) groups is 1. The highest BCUT2D eigenvalue weighted by atomic mass is 32.1. The zero-order valence-electron chi connectivity index (χ0n) is 9.80. The molecule has 0 atom stereocenters. The van der Waals surface area contributed by atoms with E-state index in [1.807, 2.05) is 0 Å². The number of nitrogens with zero attached hydrogens (tertiary/aromatic N) is 2. The second-order valence-electron chi connectivity index (χ2n) is 4.12. The number of aliphatic carboxylic acids is 1. The minimum Gasteiger partial charge on any atom is -0.478 e. The van der Waals surface area contributed by atoms with Gasteiger partial charge in [-0.1, -0.05) is 5.16 Å². The Morgan fingerprint density at radius 3 is 2.83 bits per heavy atom. The Labute approximate surface area is 107 Å². The average Bonchev–Trinajstić information content (AvgIpc) is 2.62. The molecule has 0 radical (unpaired) electrons. The van der Waals surface area contributed by atoms with E-state index >= 15 is 0 Å². The molecule has 0 aliphatic carbocycles. The van der Waals surface area contributed by atoms with Gasteiger partial charge < -0.3 is 21.0 Å². The molecule has 2 rings (SSSR count). The zero-order valence-corrected chi connectivity index (χ0v) is 10.6. The molecule has 0 spiro atoms. The third-order valence-electron chi connectivity index (χ3n) is 2.29. The van der Waals surface area contributed by atoms with Crippen LogP contribution < -0.4 is 11.1 Å². The van der Waals surface area contributed by atoms with E-state index in [2.05, 4.69) is 15.5 Å². The Kier molecular flexibility index (Phi) is 2.95. The van der Waals surface area contributed by atoms with Crippen LogP contribution in [0.3, 0.4) is 0 Å². The summed E-state index contributed by atoms with van der Waals surface area (Å²) in [4.78, 5) is 19.9. The lowest BCUT2D eigenvalue weighted by molar-refractivity contribution is -0.161. The quantitative estimate of drug-likeness (QED) is 0.699. The normalized spacial score (nSPS) is 16.8. The van der Waals surface area contributed by atoms with Crippen molar-refractivity contribution in [2.45, 2.75) is 19.4 Å². The second-order valence-corrected chi connectivity index (χ2v) is 5.01. The van der Waals surface area contributed by atoms with Crippen LogP contribution in [0.25, 0.3) is 5.57 Å². The van der Waals surface area contributed by atoms with Crippen LogP contribution in [0, 0.1) is 0 Å². The number of hydrogen-bond donors (Lipinski definition) is 3. The number of thiazole rings is 1. The summed E-state index contributed by atoms with van der Waals surface area (Å²) in [5.74, 6) is -0.649. The smallest absolute Gasteiger partial charge is 0.350 e. The Morgan fingerprint density at radius 2 is 2.39 bits per heavy atom. The SMILES string of the molecule is CC(C)(ON=C1NC=C1c1csc(N)n1)C(=O)O. The van der Waals surface area contributed by atoms with Crippen molar-refractivity contribution in [1.29, 1.82) is 0 Å². The van der Waals surface area contributed by atoms with Crippen LogP contribution in [0.5, 0.6) is 0 Å². The number of oxime groups is 1. The third-order valence-corrected chi connectivity index (χ3v) is 2.96. The summed E-state index contributed by atoms with van der Waals surface area (Å²) in [5, 5.41) is 17.7. The monoisotopic (exact) mass is 268 g/mol. The van der Waals surface area contributed by atoms with Crippen molar-refractivity contribution in [3.8, 4) is 0 Å². The minimum atomic E-state index is -1.38. The Morgan fingerprint density at radius 1 is 1.67 bits per heavy atom. The predicted octanol–water partition coefficient (Wildman–Crippen LogP) is 0.863. The number of amidine groups is 1. The van der Waals surface area contributed by atoms with Gasteiger partial charge in [-0.15, -0.1) is 11.3 Å². The van der Waals surface area contributed by atoms with E-state index in [0.717, 1.165) is 5.57 Å². The first-order chi connectivity index (χ1) is 8.40. The molecule has 7 nitrogen and oxygen atoms in total. The maximum Gasteiger partial charge on any atom is 0.350 e. The lowest BCUT2D eigenvalue weighted by Gasteiger charge is -2.21. The molecule has 0 bridgehead atoms. The molecular formula is C10H12N4O3S. The number of carboxylic acids is 1. The fourth-order valence-electron chi connectivity index (χ4n) is 1.09. The fraction of sp³-hybridized carbons (Fsp3) is 0.300. The van der Waals surface area contributed by atoms with Crippen LogP contribution in [-0.2, 0) is 9.63 Å². The molecule has 0 unspecified atom stereocenters. The van der Waals surface area contributed by atoms with E-state index in [9.17, 15) is 4.79 Å². The van der Waals surface area contributed by atoms with E-state index in [-0.39, 0.29) is 0 Å². The zero-order chi connectivity index (χ0) is 13.3. The molecule has 0 saturated carbocycles. The summed E-state index contributed by atoms with van der Waals surface area (Å²) < 4.78 is 0. The van der Waals surface area contributed by atoms with Gasteiger partial charge in [0.15, 0.2) is 11.0 Å². The number of nitrogens with one attached hydrogen (secondary N) is 1. The van der Waals surface area contributed by atoms with Gasteiger partial charge in [0.1, 0.15) is 0 Å². The molecule has 4 N–H and O–H groups in total. The van der Waals surface area contributed by atoms with Crippen LogP contribution in [-0.4, -0.2) is 27.5 Å². The summed E-state index contributed by atoms with van der Waals surface area (Å²) in [5.41, 5.74) is 5.58. The lowest BCUT2D eigenvalue weighted by Crippen LogP contribution is -2.36. The van der Waals surface area contributed by atoms with E-state index in [4.69, 9.17) is 15.7 Å². The van der Waals surface area contributed by atoms with Crippen molar-refractivity contribution in [1.82, 2.24) is 10.3 Å². The van der Waals surface area contributed by atoms with Gasteiger partial charge in [-0.25, -0.2) is 9.78 Å². The summed E-state index contributed by atoms with van der Waals surface area (Å²) >= 11 is 1.32. The molecular weight excluding hydrogens is 256 g/mol. The lowest BCUT2D eigenvalue weighted by atomic mass is 10.1. The molecule has 0 fully saturated rings. The van der Waals surface area contributed by atoms with Crippen molar-refractivity contribution in [2.75, 3.05) is 5.73 Å². The largest absolute Gasteiger partial charge is 0.478 e. The Bertz CT molecular complexity index is 547. The van der Waals surface area contributed by atoms with Gasteiger partial charge in [0.05, 0.1) is 11.3 Å². The fourth-order valence-corrected chi connectivity index (χ4v) is 1.65. The molecule has 1 aromatic rings. The molecule has 0 saturated heterocycles. The van der Waals surface area contributed by atoms with Gasteiger partial charge >= 0.3 is 5.97 Å². The third kappa shape index (κ3) is 2.28. The summed E-state index contributed by atoms with van der Waals surface area (Å²) in [6, 6.07) is 0. The van der Waals surface area contributed by atoms with E-state index < -0.39 is 11.6 Å². The highest BCUT2D eigenvalue weighted by Gasteiger charge is 2.31. The van der Waals surface area contributed by atoms with Crippen LogP contribution in [0.4, 0.5) is 5.13 Å². The average molecular weight is 268 g/mol. The van der Waals surface area contributed by atoms with Gasteiger partial charge in [-0.2, -0.15) is 0 Å². The predicted molar refractivity (Wildman–Crippen MR) is 67.9 cm³/mol. The standard InChI is InChI=1S/C10H12N4O3S/c1-10(2,8(15)16)17-14-7-5(3-12-7)6-4-18-9(11)13-6/h3-4H,1-2H3,(H2,11,13)(H,12,14)(H,15,16). The van der Waals surface area contributed by atoms with Crippen LogP contribution in [0.1, 0.15) is 19.5 Å². The van der Waals surface area contributed by atoms with Crippen LogP contribution >= 0.6 is 11.3 Å². The molecule has 1 aliphatic rings. The summed E-state index contributed by atoms with van der Waals surface area (Å²) in [6.45, 7) is 2.84. The first kappa shape index (κ1) is 12.4. The van der Waals surface area contributed by atoms with E-state index in [1.165, 1.54) is 25.2 Å². The highest BCUT2D eigenvalue weighted by Crippen LogP contribution is 2.24. The highest BCUT2D eigenvalue weighted by molar-refractivity contribution is 7.13. The molecule has 8 heteroatoms. The van der Waals surface area contributed by atoms with Crippen molar-refractivity contribution in [2.24, 2.45) is 5.16 Å². The molecule has 0 amide bonds. The topological polar surface area (TPSA) is 110 Å². The van der Waals surface area contributed by atoms with Gasteiger partial charge in [0.2, 0.25) is 5.60 Å². The number of aromatic nitrogens is 1. The summed E-state index contributed by atoms with van der Waals surface area (Å²) in [6.07, 6.45) is 1.70. The van der Waals surface area contributed by atoms with Gasteiger partial charge in [0, 0.05) is 11.6 Å². The van der Waals surface area contributed by atoms with Crippen molar-refractivity contribution in [3.05, 3.63) is 17.3 Å². The molecule has 2 heterocycles. The summed E-state index contributed by atoms with van der Waals surface area (Å²) in [7, 11) is 0.